The van der Waals surface area contributed by atoms with E-state index in [2.05, 4.69) is 10.6 Å². The van der Waals surface area contributed by atoms with Crippen LogP contribution in [0.15, 0.2) is 0 Å². The zero-order valence-corrected chi connectivity index (χ0v) is 14.8. The lowest BCUT2D eigenvalue weighted by Crippen LogP contribution is -2.51. The Morgan fingerprint density at radius 2 is 1.67 bits per heavy atom. The van der Waals surface area contributed by atoms with Crippen LogP contribution < -0.4 is 22.1 Å². The van der Waals surface area contributed by atoms with Gasteiger partial charge < -0.3 is 22.1 Å². The predicted octanol–water partition coefficient (Wildman–Crippen LogP) is -0.0736. The van der Waals surface area contributed by atoms with E-state index in [-0.39, 0.29) is 43.2 Å². The third kappa shape index (κ3) is 6.20. The largest absolute Gasteiger partial charge is 0.347 e. The number of hydrogen-bond acceptors (Lipinski definition) is 5. The summed E-state index contributed by atoms with van der Waals surface area (Å²) in [5.74, 6) is -0.862. The molecule has 1 aliphatic rings. The summed E-state index contributed by atoms with van der Waals surface area (Å²) in [6, 6.07) is -0.710. The molecule has 0 aromatic rings. The molecule has 7 heteroatoms. The normalized spacial score (nSPS) is 18.0. The second kappa shape index (κ2) is 10.4. The van der Waals surface area contributed by atoms with Gasteiger partial charge >= 0.3 is 0 Å². The third-order valence-electron chi connectivity index (χ3n) is 4.72. The van der Waals surface area contributed by atoms with Crippen molar-refractivity contribution in [1.29, 1.82) is 0 Å². The summed E-state index contributed by atoms with van der Waals surface area (Å²) in [4.78, 5) is 36.2. The van der Waals surface area contributed by atoms with Gasteiger partial charge in [-0.05, 0) is 18.8 Å². The zero-order chi connectivity index (χ0) is 18.1. The van der Waals surface area contributed by atoms with Gasteiger partial charge in [0.2, 0.25) is 11.8 Å². The molecule has 1 aliphatic carbocycles. The highest BCUT2D eigenvalue weighted by molar-refractivity contribution is 5.92. The number of nitrogens with two attached hydrogens (primary N) is 2. The second-order valence-corrected chi connectivity index (χ2v) is 6.87. The van der Waals surface area contributed by atoms with E-state index in [1.165, 1.54) is 6.42 Å². The zero-order valence-electron chi connectivity index (χ0n) is 14.8. The maximum Gasteiger partial charge on any atom is 0.240 e. The molecule has 2 atom stereocenters. The SMILES string of the molecule is CC(C)C(=O)C(CN)NC(=O)CNC(=O)C(CN)C1CCCCC1. The average molecular weight is 340 g/mol. The number of hydrogen-bond donors (Lipinski definition) is 4. The molecule has 0 aliphatic heterocycles. The Hall–Kier alpha value is -1.47. The van der Waals surface area contributed by atoms with Crippen molar-refractivity contribution in [2.75, 3.05) is 19.6 Å². The number of rotatable bonds is 9. The van der Waals surface area contributed by atoms with Crippen molar-refractivity contribution in [3.05, 3.63) is 0 Å². The number of Topliss-reactive ketones (excluding diaryl/α,β-unsaturated/α-hetero) is 1. The summed E-state index contributed by atoms with van der Waals surface area (Å²) in [6.45, 7) is 3.69. The van der Waals surface area contributed by atoms with Crippen LogP contribution in [0.2, 0.25) is 0 Å². The first kappa shape index (κ1) is 20.6. The van der Waals surface area contributed by atoms with Gasteiger partial charge in [0.15, 0.2) is 5.78 Å². The molecule has 2 amide bonds. The van der Waals surface area contributed by atoms with Crippen LogP contribution in [0, 0.1) is 17.8 Å². The van der Waals surface area contributed by atoms with Crippen LogP contribution in [0.3, 0.4) is 0 Å². The summed E-state index contributed by atoms with van der Waals surface area (Å²) >= 11 is 0. The van der Waals surface area contributed by atoms with Gasteiger partial charge in [0.1, 0.15) is 0 Å². The van der Waals surface area contributed by atoms with Gasteiger partial charge in [-0.3, -0.25) is 14.4 Å². The van der Waals surface area contributed by atoms with Crippen molar-refractivity contribution in [3.63, 3.8) is 0 Å². The monoisotopic (exact) mass is 340 g/mol. The molecular weight excluding hydrogens is 308 g/mol. The summed E-state index contributed by atoms with van der Waals surface area (Å²) in [5, 5.41) is 5.23. The van der Waals surface area contributed by atoms with Crippen LogP contribution in [0.4, 0.5) is 0 Å². The standard InChI is InChI=1S/C17H32N4O3/c1-11(2)16(23)14(9-19)21-15(22)10-20-17(24)13(8-18)12-6-4-3-5-7-12/h11-14H,3-10,18-19H2,1-2H3,(H,20,24)(H,21,22). The Balaban J connectivity index is 2.46. The summed E-state index contributed by atoms with van der Waals surface area (Å²) in [7, 11) is 0. The van der Waals surface area contributed by atoms with E-state index in [1.54, 1.807) is 13.8 Å². The minimum absolute atomic E-state index is 0.0458. The first-order valence-electron chi connectivity index (χ1n) is 8.91. The fourth-order valence-corrected chi connectivity index (χ4v) is 3.24. The van der Waals surface area contributed by atoms with Crippen molar-refractivity contribution >= 4 is 17.6 Å². The number of carbonyl (C=O) groups excluding carboxylic acids is 3. The van der Waals surface area contributed by atoms with Crippen LogP contribution in [-0.4, -0.2) is 43.3 Å². The Labute approximate surface area is 144 Å². The maximum atomic E-state index is 12.3. The molecule has 24 heavy (non-hydrogen) atoms. The van der Waals surface area contributed by atoms with Gasteiger partial charge in [-0.25, -0.2) is 0 Å². The lowest BCUT2D eigenvalue weighted by atomic mass is 9.79. The Morgan fingerprint density at radius 1 is 1.04 bits per heavy atom. The highest BCUT2D eigenvalue weighted by Gasteiger charge is 2.29. The van der Waals surface area contributed by atoms with Crippen LogP contribution >= 0.6 is 0 Å². The van der Waals surface area contributed by atoms with Gasteiger partial charge in [-0.15, -0.1) is 0 Å². The maximum absolute atomic E-state index is 12.3. The molecular formula is C17H32N4O3. The van der Waals surface area contributed by atoms with Crippen molar-refractivity contribution in [1.82, 2.24) is 10.6 Å². The number of nitrogens with one attached hydrogen (secondary N) is 2. The smallest absolute Gasteiger partial charge is 0.240 e. The van der Waals surface area contributed by atoms with Crippen molar-refractivity contribution < 1.29 is 14.4 Å². The summed E-state index contributed by atoms with van der Waals surface area (Å²) < 4.78 is 0. The van der Waals surface area contributed by atoms with E-state index in [0.717, 1.165) is 25.7 Å². The summed E-state index contributed by atoms with van der Waals surface area (Å²) in [6.07, 6.45) is 5.50. The van der Waals surface area contributed by atoms with E-state index >= 15 is 0 Å². The molecule has 7 nitrogen and oxygen atoms in total. The first-order valence-corrected chi connectivity index (χ1v) is 8.91. The second-order valence-electron chi connectivity index (χ2n) is 6.87. The highest BCUT2D eigenvalue weighted by atomic mass is 16.2. The molecule has 1 rings (SSSR count). The lowest BCUT2D eigenvalue weighted by Gasteiger charge is -2.28. The first-order chi connectivity index (χ1) is 11.4. The van der Waals surface area contributed by atoms with Crippen LogP contribution in [0.5, 0.6) is 0 Å². The Morgan fingerprint density at radius 3 is 2.17 bits per heavy atom. The Bertz CT molecular complexity index is 434. The molecule has 1 fully saturated rings. The molecule has 0 bridgehead atoms. The van der Waals surface area contributed by atoms with Crippen molar-refractivity contribution in [2.45, 2.75) is 52.0 Å². The van der Waals surface area contributed by atoms with Gasteiger partial charge in [0.05, 0.1) is 18.5 Å². The number of carbonyl (C=O) groups is 3. The predicted molar refractivity (Wildman–Crippen MR) is 93.0 cm³/mol. The van der Waals surface area contributed by atoms with Crippen LogP contribution in [-0.2, 0) is 14.4 Å². The summed E-state index contributed by atoms with van der Waals surface area (Å²) in [5.41, 5.74) is 11.3. The Kier molecular flexibility index (Phi) is 8.92. The molecule has 0 aromatic carbocycles. The number of ketones is 1. The topological polar surface area (TPSA) is 127 Å². The average Bonchev–Trinajstić information content (AvgIpc) is 2.58. The molecule has 138 valence electrons. The van der Waals surface area contributed by atoms with E-state index in [1.807, 2.05) is 0 Å². The molecule has 0 heterocycles. The lowest BCUT2D eigenvalue weighted by molar-refractivity contribution is -0.131. The third-order valence-corrected chi connectivity index (χ3v) is 4.72. The molecule has 0 radical (unpaired) electrons. The fourth-order valence-electron chi connectivity index (χ4n) is 3.24. The van der Waals surface area contributed by atoms with E-state index in [4.69, 9.17) is 11.5 Å². The van der Waals surface area contributed by atoms with Crippen LogP contribution in [0.25, 0.3) is 0 Å². The van der Waals surface area contributed by atoms with Crippen LogP contribution in [0.1, 0.15) is 46.0 Å². The van der Waals surface area contributed by atoms with Gasteiger partial charge in [-0.2, -0.15) is 0 Å². The van der Waals surface area contributed by atoms with E-state index in [9.17, 15) is 14.4 Å². The van der Waals surface area contributed by atoms with Gasteiger partial charge in [-0.1, -0.05) is 33.1 Å². The number of amides is 2. The molecule has 6 N–H and O–H groups in total. The van der Waals surface area contributed by atoms with E-state index in [0.29, 0.717) is 5.92 Å². The molecule has 2 unspecified atom stereocenters. The van der Waals surface area contributed by atoms with Crippen molar-refractivity contribution in [3.8, 4) is 0 Å². The van der Waals surface area contributed by atoms with Gasteiger partial charge in [0.25, 0.3) is 0 Å². The minimum Gasteiger partial charge on any atom is -0.347 e. The molecule has 0 aromatic heterocycles. The van der Waals surface area contributed by atoms with Gasteiger partial charge in [0, 0.05) is 19.0 Å². The molecule has 0 spiro atoms. The minimum atomic E-state index is -0.710. The molecule has 0 saturated heterocycles. The fraction of sp³-hybridized carbons (Fsp3) is 0.824. The van der Waals surface area contributed by atoms with Crippen molar-refractivity contribution in [2.24, 2.45) is 29.2 Å². The quantitative estimate of drug-likeness (QED) is 0.467. The molecule has 1 saturated carbocycles. The van der Waals surface area contributed by atoms with E-state index < -0.39 is 11.9 Å². The highest BCUT2D eigenvalue weighted by Crippen LogP contribution is 2.29.